The zero-order chi connectivity index (χ0) is 11.4. The molecular formula is C12H16O3. The third-order valence-corrected chi connectivity index (χ3v) is 2.34. The van der Waals surface area contributed by atoms with Gasteiger partial charge in [0.05, 0.1) is 7.11 Å². The highest BCUT2D eigenvalue weighted by molar-refractivity contribution is 5.59. The van der Waals surface area contributed by atoms with Gasteiger partial charge in [0.15, 0.2) is 0 Å². The number of rotatable bonds is 2. The summed E-state index contributed by atoms with van der Waals surface area (Å²) < 4.78 is 9.33. The maximum atomic E-state index is 10.8. The van der Waals surface area contributed by atoms with E-state index in [1.54, 1.807) is 0 Å². The van der Waals surface area contributed by atoms with Crippen LogP contribution in [-0.2, 0) is 16.1 Å². The van der Waals surface area contributed by atoms with Crippen molar-refractivity contribution in [2.24, 2.45) is 0 Å². The number of aryl methyl sites for hydroxylation is 3. The van der Waals surface area contributed by atoms with E-state index in [0.717, 1.165) is 16.7 Å². The summed E-state index contributed by atoms with van der Waals surface area (Å²) in [6, 6.07) is 4.14. The zero-order valence-electron chi connectivity index (χ0n) is 9.59. The summed E-state index contributed by atoms with van der Waals surface area (Å²) in [6.45, 7) is 6.33. The number of carbonyl (C=O) groups excluding carboxylic acids is 1. The van der Waals surface area contributed by atoms with Gasteiger partial charge >= 0.3 is 6.16 Å². The molecule has 0 saturated carbocycles. The van der Waals surface area contributed by atoms with Crippen molar-refractivity contribution in [3.05, 3.63) is 34.4 Å². The molecular weight excluding hydrogens is 192 g/mol. The van der Waals surface area contributed by atoms with Crippen molar-refractivity contribution in [3.63, 3.8) is 0 Å². The molecule has 3 nitrogen and oxygen atoms in total. The van der Waals surface area contributed by atoms with Gasteiger partial charge in [-0.1, -0.05) is 17.7 Å². The van der Waals surface area contributed by atoms with E-state index in [9.17, 15) is 4.79 Å². The molecule has 0 aliphatic heterocycles. The van der Waals surface area contributed by atoms with Crippen molar-refractivity contribution >= 4 is 6.16 Å². The van der Waals surface area contributed by atoms with Gasteiger partial charge in [0, 0.05) is 0 Å². The van der Waals surface area contributed by atoms with E-state index in [0.29, 0.717) is 0 Å². The first-order valence-corrected chi connectivity index (χ1v) is 4.82. The largest absolute Gasteiger partial charge is 0.508 e. The molecule has 0 atom stereocenters. The Bertz CT molecular complexity index is 346. The van der Waals surface area contributed by atoms with Gasteiger partial charge in [-0.3, -0.25) is 0 Å². The number of hydrogen-bond donors (Lipinski definition) is 0. The van der Waals surface area contributed by atoms with Crippen LogP contribution < -0.4 is 0 Å². The molecule has 82 valence electrons. The lowest BCUT2D eigenvalue weighted by molar-refractivity contribution is 0.0666. The lowest BCUT2D eigenvalue weighted by Gasteiger charge is -2.11. The molecule has 0 spiro atoms. The highest BCUT2D eigenvalue weighted by Crippen LogP contribution is 2.17. The molecule has 0 unspecified atom stereocenters. The molecule has 0 N–H and O–H groups in total. The molecule has 0 radical (unpaired) electrons. The molecule has 0 saturated heterocycles. The van der Waals surface area contributed by atoms with Gasteiger partial charge in [-0.05, 0) is 37.5 Å². The van der Waals surface area contributed by atoms with Crippen molar-refractivity contribution in [2.75, 3.05) is 7.11 Å². The van der Waals surface area contributed by atoms with Crippen molar-refractivity contribution in [1.82, 2.24) is 0 Å². The standard InChI is InChI=1S/C12H16O3/c1-8-5-9(2)11(10(3)6-8)7-15-12(13)14-4/h5-6H,7H2,1-4H3. The number of hydrogen-bond acceptors (Lipinski definition) is 3. The van der Waals surface area contributed by atoms with Gasteiger partial charge in [0.2, 0.25) is 0 Å². The normalized spacial score (nSPS) is 9.87. The molecule has 3 heteroatoms. The van der Waals surface area contributed by atoms with Crippen LogP contribution in [0.1, 0.15) is 22.3 Å². The fourth-order valence-electron chi connectivity index (χ4n) is 1.63. The third kappa shape index (κ3) is 2.98. The van der Waals surface area contributed by atoms with E-state index in [-0.39, 0.29) is 6.61 Å². The minimum Gasteiger partial charge on any atom is -0.438 e. The van der Waals surface area contributed by atoms with E-state index < -0.39 is 6.16 Å². The molecule has 1 aromatic carbocycles. The Morgan fingerprint density at radius 2 is 1.73 bits per heavy atom. The molecule has 0 amide bonds. The Morgan fingerprint density at radius 1 is 1.20 bits per heavy atom. The van der Waals surface area contributed by atoms with Crippen LogP contribution in [0.3, 0.4) is 0 Å². The summed E-state index contributed by atoms with van der Waals surface area (Å²) in [7, 11) is 1.30. The predicted octanol–water partition coefficient (Wildman–Crippen LogP) is 2.89. The smallest absolute Gasteiger partial charge is 0.438 e. The molecule has 15 heavy (non-hydrogen) atoms. The van der Waals surface area contributed by atoms with Gasteiger partial charge in [-0.2, -0.15) is 0 Å². The monoisotopic (exact) mass is 208 g/mol. The van der Waals surface area contributed by atoms with Gasteiger partial charge in [-0.25, -0.2) is 4.79 Å². The van der Waals surface area contributed by atoms with Crippen LogP contribution in [-0.4, -0.2) is 13.3 Å². The molecule has 0 heterocycles. The Morgan fingerprint density at radius 3 is 2.20 bits per heavy atom. The van der Waals surface area contributed by atoms with Crippen molar-refractivity contribution in [3.8, 4) is 0 Å². The SMILES string of the molecule is COC(=O)OCc1c(C)cc(C)cc1C. The van der Waals surface area contributed by atoms with Crippen molar-refractivity contribution < 1.29 is 14.3 Å². The first-order chi connectivity index (χ1) is 7.04. The second-order valence-electron chi connectivity index (χ2n) is 3.62. The van der Waals surface area contributed by atoms with E-state index in [4.69, 9.17) is 4.74 Å². The summed E-state index contributed by atoms with van der Waals surface area (Å²) in [5.41, 5.74) is 4.53. The van der Waals surface area contributed by atoms with Crippen LogP contribution in [0.2, 0.25) is 0 Å². The van der Waals surface area contributed by atoms with Gasteiger partial charge < -0.3 is 9.47 Å². The number of benzene rings is 1. The first-order valence-electron chi connectivity index (χ1n) is 4.82. The molecule has 0 fully saturated rings. The second kappa shape index (κ2) is 4.82. The van der Waals surface area contributed by atoms with E-state index >= 15 is 0 Å². The van der Waals surface area contributed by atoms with Crippen molar-refractivity contribution in [2.45, 2.75) is 27.4 Å². The summed E-state index contributed by atoms with van der Waals surface area (Å²) in [5, 5.41) is 0. The predicted molar refractivity (Wildman–Crippen MR) is 57.8 cm³/mol. The number of methoxy groups -OCH3 is 1. The Balaban J connectivity index is 2.81. The fraction of sp³-hybridized carbons (Fsp3) is 0.417. The summed E-state index contributed by atoms with van der Waals surface area (Å²) in [6.07, 6.45) is -0.644. The Hall–Kier alpha value is -1.51. The van der Waals surface area contributed by atoms with Crippen LogP contribution in [0.4, 0.5) is 4.79 Å². The van der Waals surface area contributed by atoms with E-state index in [1.807, 2.05) is 20.8 Å². The topological polar surface area (TPSA) is 35.5 Å². The van der Waals surface area contributed by atoms with Gasteiger partial charge in [0.25, 0.3) is 0 Å². The fourth-order valence-corrected chi connectivity index (χ4v) is 1.63. The summed E-state index contributed by atoms with van der Waals surface area (Å²) >= 11 is 0. The van der Waals surface area contributed by atoms with Gasteiger partial charge in [-0.15, -0.1) is 0 Å². The molecule has 0 bridgehead atoms. The minimum atomic E-state index is -0.644. The van der Waals surface area contributed by atoms with Gasteiger partial charge in [0.1, 0.15) is 6.61 Å². The van der Waals surface area contributed by atoms with E-state index in [2.05, 4.69) is 16.9 Å². The van der Waals surface area contributed by atoms with Crippen LogP contribution in [0.15, 0.2) is 12.1 Å². The van der Waals surface area contributed by atoms with E-state index in [1.165, 1.54) is 12.7 Å². The molecule has 0 aromatic heterocycles. The minimum absolute atomic E-state index is 0.268. The number of carbonyl (C=O) groups is 1. The Kier molecular flexibility index (Phi) is 3.72. The molecule has 0 aliphatic rings. The summed E-state index contributed by atoms with van der Waals surface area (Å²) in [4.78, 5) is 10.8. The highest BCUT2D eigenvalue weighted by Gasteiger charge is 2.07. The van der Waals surface area contributed by atoms with Crippen LogP contribution in [0, 0.1) is 20.8 Å². The highest BCUT2D eigenvalue weighted by atomic mass is 16.7. The molecule has 0 aliphatic carbocycles. The lowest BCUT2D eigenvalue weighted by Crippen LogP contribution is -2.06. The molecule has 1 aromatic rings. The van der Waals surface area contributed by atoms with Crippen molar-refractivity contribution in [1.29, 1.82) is 0 Å². The van der Waals surface area contributed by atoms with Crippen LogP contribution >= 0.6 is 0 Å². The summed E-state index contributed by atoms with van der Waals surface area (Å²) in [5.74, 6) is 0. The maximum Gasteiger partial charge on any atom is 0.508 e. The second-order valence-corrected chi connectivity index (χ2v) is 3.62. The zero-order valence-corrected chi connectivity index (χ0v) is 9.59. The van der Waals surface area contributed by atoms with Crippen LogP contribution in [0.5, 0.6) is 0 Å². The Labute approximate surface area is 90.0 Å². The quantitative estimate of drug-likeness (QED) is 0.701. The molecule has 1 rings (SSSR count). The number of ether oxygens (including phenoxy) is 2. The average molecular weight is 208 g/mol. The first kappa shape index (κ1) is 11.6. The maximum absolute atomic E-state index is 10.8. The third-order valence-electron chi connectivity index (χ3n) is 2.34. The average Bonchev–Trinajstić information content (AvgIpc) is 2.15. The lowest BCUT2D eigenvalue weighted by atomic mass is 10.0. The van der Waals surface area contributed by atoms with Crippen LogP contribution in [0.25, 0.3) is 0 Å².